The van der Waals surface area contributed by atoms with Crippen LogP contribution in [0.25, 0.3) is 0 Å². The molecule has 7 heteroatoms. The van der Waals surface area contributed by atoms with Crippen molar-refractivity contribution >= 4 is 11.6 Å². The van der Waals surface area contributed by atoms with Crippen molar-refractivity contribution in [1.29, 1.82) is 0 Å². The highest BCUT2D eigenvalue weighted by Gasteiger charge is 2.28. The number of carbonyl (C=O) groups is 1. The van der Waals surface area contributed by atoms with E-state index < -0.39 is 11.6 Å². The highest BCUT2D eigenvalue weighted by Crippen LogP contribution is 2.37. The van der Waals surface area contributed by atoms with Gasteiger partial charge in [0.2, 0.25) is 5.91 Å². The molecular formula is C21H22F2N2O3. The summed E-state index contributed by atoms with van der Waals surface area (Å²) in [5.74, 6) is -0.257. The van der Waals surface area contributed by atoms with Gasteiger partial charge in [0.1, 0.15) is 11.6 Å². The number of fused-ring (bicyclic) bond motifs is 1. The molecule has 1 N–H and O–H groups in total. The topological polar surface area (TPSA) is 50.8 Å². The Morgan fingerprint density at radius 2 is 1.79 bits per heavy atom. The molecular weight excluding hydrogens is 366 g/mol. The van der Waals surface area contributed by atoms with Crippen LogP contribution >= 0.6 is 0 Å². The van der Waals surface area contributed by atoms with Crippen molar-refractivity contribution in [3.8, 4) is 11.5 Å². The normalized spacial score (nSPS) is 19.3. The van der Waals surface area contributed by atoms with Crippen molar-refractivity contribution in [3.63, 3.8) is 0 Å². The van der Waals surface area contributed by atoms with E-state index in [2.05, 4.69) is 10.2 Å². The van der Waals surface area contributed by atoms with E-state index in [1.807, 2.05) is 18.2 Å². The zero-order valence-electron chi connectivity index (χ0n) is 15.4. The van der Waals surface area contributed by atoms with Gasteiger partial charge in [0.05, 0.1) is 19.8 Å². The predicted octanol–water partition coefficient (Wildman–Crippen LogP) is 3.90. The fourth-order valence-electron chi connectivity index (χ4n) is 3.79. The summed E-state index contributed by atoms with van der Waals surface area (Å²) in [4.78, 5) is 14.5. The maximum absolute atomic E-state index is 13.3. The van der Waals surface area contributed by atoms with Crippen LogP contribution in [-0.2, 0) is 4.79 Å². The molecule has 1 atom stereocenters. The number of ether oxygens (including phenoxy) is 2. The van der Waals surface area contributed by atoms with E-state index in [9.17, 15) is 13.6 Å². The third-order valence-electron chi connectivity index (χ3n) is 5.01. The van der Waals surface area contributed by atoms with Gasteiger partial charge in [0.25, 0.3) is 0 Å². The van der Waals surface area contributed by atoms with Gasteiger partial charge in [0, 0.05) is 24.2 Å². The third kappa shape index (κ3) is 4.25. The highest BCUT2D eigenvalue weighted by atomic mass is 19.1. The Hall–Kier alpha value is -2.67. The number of carbonyl (C=O) groups excluding carboxylic acids is 1. The first-order chi connectivity index (χ1) is 13.6. The van der Waals surface area contributed by atoms with Crippen LogP contribution < -0.4 is 14.8 Å². The Morgan fingerprint density at radius 1 is 1.04 bits per heavy atom. The van der Waals surface area contributed by atoms with E-state index in [4.69, 9.17) is 9.47 Å². The zero-order chi connectivity index (χ0) is 19.5. The average Bonchev–Trinajstić information content (AvgIpc) is 2.96. The van der Waals surface area contributed by atoms with Gasteiger partial charge < -0.3 is 14.8 Å². The van der Waals surface area contributed by atoms with Crippen LogP contribution in [0.3, 0.4) is 0 Å². The lowest BCUT2D eigenvalue weighted by molar-refractivity contribution is -0.117. The molecule has 2 aromatic carbocycles. The minimum atomic E-state index is -0.721. The van der Waals surface area contributed by atoms with E-state index in [0.717, 1.165) is 61.1 Å². The molecule has 2 aliphatic rings. The second-order valence-electron chi connectivity index (χ2n) is 7.09. The lowest BCUT2D eigenvalue weighted by Crippen LogP contribution is -2.33. The summed E-state index contributed by atoms with van der Waals surface area (Å²) < 4.78 is 38.1. The summed E-state index contributed by atoms with van der Waals surface area (Å²) >= 11 is 0. The summed E-state index contributed by atoms with van der Waals surface area (Å²) in [6.45, 7) is 2.20. The maximum Gasteiger partial charge on any atom is 0.238 e. The Labute approximate surface area is 162 Å². The molecule has 1 amide bonds. The van der Waals surface area contributed by atoms with E-state index >= 15 is 0 Å². The fourth-order valence-corrected chi connectivity index (χ4v) is 3.79. The monoisotopic (exact) mass is 388 g/mol. The van der Waals surface area contributed by atoms with Crippen LogP contribution in [-0.4, -0.2) is 37.1 Å². The standard InChI is InChI=1S/C21H22F2N2O3/c22-15-10-16(23)12-17(11-15)24-21(26)13-25-6-1-3-18(25)14-4-5-19-20(9-14)28-8-2-7-27-19/h4-5,9-12,18H,1-3,6-8,13H2,(H,24,26)/t18-/m1/s1. The van der Waals surface area contributed by atoms with Crippen LogP contribution in [0.1, 0.15) is 30.9 Å². The Kier molecular flexibility index (Phi) is 5.43. The van der Waals surface area contributed by atoms with Crippen LogP contribution in [0.5, 0.6) is 11.5 Å². The van der Waals surface area contributed by atoms with Gasteiger partial charge >= 0.3 is 0 Å². The van der Waals surface area contributed by atoms with Crippen LogP contribution in [0.15, 0.2) is 36.4 Å². The molecule has 2 heterocycles. The van der Waals surface area contributed by atoms with Gasteiger partial charge in [-0.2, -0.15) is 0 Å². The summed E-state index contributed by atoms with van der Waals surface area (Å²) in [6, 6.07) is 8.99. The van der Waals surface area contributed by atoms with E-state index in [0.29, 0.717) is 13.2 Å². The number of hydrogen-bond donors (Lipinski definition) is 1. The number of anilines is 1. The van der Waals surface area contributed by atoms with Crippen molar-refractivity contribution in [2.45, 2.75) is 25.3 Å². The number of nitrogens with one attached hydrogen (secondary N) is 1. The fraction of sp³-hybridized carbons (Fsp3) is 0.381. The number of nitrogens with zero attached hydrogens (tertiary/aromatic N) is 1. The number of halogens is 2. The van der Waals surface area contributed by atoms with Crippen molar-refractivity contribution in [2.24, 2.45) is 0 Å². The Morgan fingerprint density at radius 3 is 2.57 bits per heavy atom. The molecule has 5 nitrogen and oxygen atoms in total. The molecule has 0 saturated carbocycles. The lowest BCUT2D eigenvalue weighted by atomic mass is 10.0. The largest absolute Gasteiger partial charge is 0.490 e. The molecule has 0 unspecified atom stereocenters. The molecule has 1 saturated heterocycles. The third-order valence-corrected chi connectivity index (χ3v) is 5.01. The second kappa shape index (κ2) is 8.14. The average molecular weight is 388 g/mol. The molecule has 148 valence electrons. The molecule has 0 spiro atoms. The molecule has 0 aliphatic carbocycles. The van der Waals surface area contributed by atoms with Crippen molar-refractivity contribution in [2.75, 3.05) is 31.6 Å². The molecule has 0 bridgehead atoms. The number of amides is 1. The highest BCUT2D eigenvalue weighted by molar-refractivity contribution is 5.92. The molecule has 0 radical (unpaired) electrons. The number of hydrogen-bond acceptors (Lipinski definition) is 4. The van der Waals surface area contributed by atoms with Crippen LogP contribution in [0.2, 0.25) is 0 Å². The predicted molar refractivity (Wildman–Crippen MR) is 101 cm³/mol. The van der Waals surface area contributed by atoms with Gasteiger partial charge in [-0.1, -0.05) is 6.07 Å². The first kappa shape index (κ1) is 18.7. The maximum atomic E-state index is 13.3. The molecule has 2 aromatic rings. The molecule has 2 aliphatic heterocycles. The van der Waals surface area contributed by atoms with Crippen LogP contribution in [0, 0.1) is 11.6 Å². The van der Waals surface area contributed by atoms with E-state index in [-0.39, 0.29) is 24.2 Å². The molecule has 4 rings (SSSR count). The van der Waals surface area contributed by atoms with E-state index in [1.54, 1.807) is 0 Å². The quantitative estimate of drug-likeness (QED) is 0.863. The van der Waals surface area contributed by atoms with Gasteiger partial charge in [-0.3, -0.25) is 9.69 Å². The Balaban J connectivity index is 1.45. The molecule has 28 heavy (non-hydrogen) atoms. The summed E-state index contributed by atoms with van der Waals surface area (Å²) in [5, 5.41) is 2.58. The van der Waals surface area contributed by atoms with Gasteiger partial charge in [-0.25, -0.2) is 8.78 Å². The minimum Gasteiger partial charge on any atom is -0.490 e. The SMILES string of the molecule is O=C(CN1CCC[C@@H]1c1ccc2c(c1)OCCCO2)Nc1cc(F)cc(F)c1. The number of rotatable bonds is 4. The second-order valence-corrected chi connectivity index (χ2v) is 7.09. The van der Waals surface area contributed by atoms with Crippen LogP contribution in [0.4, 0.5) is 14.5 Å². The number of likely N-dealkylation sites (tertiary alicyclic amines) is 1. The molecule has 0 aromatic heterocycles. The summed E-state index contributed by atoms with van der Waals surface area (Å²) in [6.07, 6.45) is 2.75. The van der Waals surface area contributed by atoms with Crippen molar-refractivity contribution < 1.29 is 23.0 Å². The number of benzene rings is 2. The molecule has 1 fully saturated rings. The van der Waals surface area contributed by atoms with Gasteiger partial charge in [-0.15, -0.1) is 0 Å². The lowest BCUT2D eigenvalue weighted by Gasteiger charge is -2.25. The van der Waals surface area contributed by atoms with Gasteiger partial charge in [0.15, 0.2) is 11.5 Å². The minimum absolute atomic E-state index is 0.0900. The van der Waals surface area contributed by atoms with Crippen molar-refractivity contribution in [3.05, 3.63) is 53.6 Å². The van der Waals surface area contributed by atoms with E-state index in [1.165, 1.54) is 0 Å². The zero-order valence-corrected chi connectivity index (χ0v) is 15.4. The Bertz CT molecular complexity index is 854. The summed E-state index contributed by atoms with van der Waals surface area (Å²) in [7, 11) is 0. The summed E-state index contributed by atoms with van der Waals surface area (Å²) in [5.41, 5.74) is 1.19. The van der Waals surface area contributed by atoms with Gasteiger partial charge in [-0.05, 0) is 49.2 Å². The smallest absolute Gasteiger partial charge is 0.238 e. The first-order valence-electron chi connectivity index (χ1n) is 9.48. The first-order valence-corrected chi connectivity index (χ1v) is 9.48. The van der Waals surface area contributed by atoms with Crippen molar-refractivity contribution in [1.82, 2.24) is 4.90 Å².